The number of amides is 1. The van der Waals surface area contributed by atoms with Crippen LogP contribution in [0.4, 0.5) is 5.69 Å². The minimum atomic E-state index is -0.115. The molecule has 0 atom stereocenters. The van der Waals surface area contributed by atoms with E-state index in [9.17, 15) is 4.79 Å². The van der Waals surface area contributed by atoms with Crippen molar-refractivity contribution in [3.63, 3.8) is 0 Å². The molecule has 19 heavy (non-hydrogen) atoms. The fraction of sp³-hybridized carbons (Fsp3) is 0.500. The van der Waals surface area contributed by atoms with Crippen molar-refractivity contribution in [2.75, 3.05) is 33.0 Å². The van der Waals surface area contributed by atoms with Gasteiger partial charge in [0.05, 0.1) is 12.8 Å². The highest BCUT2D eigenvalue weighted by Crippen LogP contribution is 2.21. The molecule has 3 N–H and O–H groups in total. The Hall–Kier alpha value is -1.75. The lowest BCUT2D eigenvalue weighted by Crippen LogP contribution is -2.36. The van der Waals surface area contributed by atoms with Crippen molar-refractivity contribution < 1.29 is 9.53 Å². The second-order valence-corrected chi connectivity index (χ2v) is 4.79. The fourth-order valence-electron chi connectivity index (χ4n) is 1.56. The normalized spacial score (nSPS) is 10.8. The molecule has 1 amide bonds. The van der Waals surface area contributed by atoms with Gasteiger partial charge >= 0.3 is 0 Å². The van der Waals surface area contributed by atoms with Crippen LogP contribution in [0.15, 0.2) is 18.2 Å². The minimum Gasteiger partial charge on any atom is -0.495 e. The van der Waals surface area contributed by atoms with E-state index in [1.807, 2.05) is 7.05 Å². The summed E-state index contributed by atoms with van der Waals surface area (Å²) in [5.74, 6) is 0.405. The van der Waals surface area contributed by atoms with E-state index in [0.29, 0.717) is 29.6 Å². The molecule has 5 heteroatoms. The molecule has 0 unspecified atom stereocenters. The number of carbonyl (C=O) groups is 1. The van der Waals surface area contributed by atoms with E-state index < -0.39 is 0 Å². The molecule has 0 aliphatic rings. The van der Waals surface area contributed by atoms with Crippen molar-refractivity contribution in [2.24, 2.45) is 0 Å². The van der Waals surface area contributed by atoms with Crippen LogP contribution in [0.1, 0.15) is 24.2 Å². The minimum absolute atomic E-state index is 0.115. The van der Waals surface area contributed by atoms with E-state index >= 15 is 0 Å². The Balaban J connectivity index is 2.54. The number of nitrogens with zero attached hydrogens (tertiary/aromatic N) is 1. The maximum atomic E-state index is 11.9. The summed E-state index contributed by atoms with van der Waals surface area (Å²) in [5, 5.41) is 2.88. The SMILES string of the molecule is COc1cc(C(=O)NCCN(C)C(C)C)ccc1N. The molecule has 106 valence electrons. The average molecular weight is 265 g/mol. The van der Waals surface area contributed by atoms with Crippen LogP contribution in [0, 0.1) is 0 Å². The Morgan fingerprint density at radius 1 is 1.47 bits per heavy atom. The molecule has 0 radical (unpaired) electrons. The monoisotopic (exact) mass is 265 g/mol. The number of methoxy groups -OCH3 is 1. The summed E-state index contributed by atoms with van der Waals surface area (Å²) in [6.07, 6.45) is 0. The van der Waals surface area contributed by atoms with Crippen molar-refractivity contribution in [3.05, 3.63) is 23.8 Å². The third-order valence-electron chi connectivity index (χ3n) is 3.13. The number of anilines is 1. The van der Waals surface area contributed by atoms with Crippen LogP contribution >= 0.6 is 0 Å². The zero-order valence-electron chi connectivity index (χ0n) is 12.1. The van der Waals surface area contributed by atoms with Crippen molar-refractivity contribution in [2.45, 2.75) is 19.9 Å². The summed E-state index contributed by atoms with van der Waals surface area (Å²) in [6, 6.07) is 5.48. The largest absolute Gasteiger partial charge is 0.495 e. The standard InChI is InChI=1S/C14H23N3O2/c1-10(2)17(3)8-7-16-14(18)11-5-6-12(15)13(9-11)19-4/h5-6,9-10H,7-8,15H2,1-4H3,(H,16,18). The Morgan fingerprint density at radius 2 is 2.16 bits per heavy atom. The number of nitrogens with one attached hydrogen (secondary N) is 1. The van der Waals surface area contributed by atoms with E-state index in [1.165, 1.54) is 7.11 Å². The Bertz CT molecular complexity index is 433. The van der Waals surface area contributed by atoms with Crippen LogP contribution in [-0.4, -0.2) is 44.1 Å². The molecule has 1 aromatic rings. The fourth-order valence-corrected chi connectivity index (χ4v) is 1.56. The van der Waals surface area contributed by atoms with E-state index in [1.54, 1.807) is 18.2 Å². The van der Waals surface area contributed by atoms with Crippen molar-refractivity contribution >= 4 is 11.6 Å². The molecule has 1 rings (SSSR count). The number of benzene rings is 1. The van der Waals surface area contributed by atoms with Gasteiger partial charge in [-0.15, -0.1) is 0 Å². The van der Waals surface area contributed by atoms with Gasteiger partial charge in [0.15, 0.2) is 0 Å². The van der Waals surface area contributed by atoms with Crippen LogP contribution in [0.2, 0.25) is 0 Å². The number of likely N-dealkylation sites (N-methyl/N-ethyl adjacent to an activating group) is 1. The molecule has 0 aliphatic heterocycles. The lowest BCUT2D eigenvalue weighted by Gasteiger charge is -2.20. The molecule has 0 bridgehead atoms. The Morgan fingerprint density at radius 3 is 2.74 bits per heavy atom. The molecule has 0 fully saturated rings. The Labute approximate surface area is 114 Å². The second kappa shape index (κ2) is 6.99. The molecule has 0 saturated carbocycles. The summed E-state index contributed by atoms with van der Waals surface area (Å²) in [4.78, 5) is 14.1. The first-order valence-corrected chi connectivity index (χ1v) is 6.37. The highest BCUT2D eigenvalue weighted by molar-refractivity contribution is 5.95. The van der Waals surface area contributed by atoms with Crippen LogP contribution < -0.4 is 15.8 Å². The molecule has 0 aliphatic carbocycles. The number of hydrogen-bond acceptors (Lipinski definition) is 4. The highest BCUT2D eigenvalue weighted by atomic mass is 16.5. The molecule has 1 aromatic carbocycles. The van der Waals surface area contributed by atoms with E-state index in [2.05, 4.69) is 24.1 Å². The maximum Gasteiger partial charge on any atom is 0.251 e. The number of nitrogen functional groups attached to an aromatic ring is 1. The Kier molecular flexibility index (Phi) is 5.63. The number of ether oxygens (including phenoxy) is 1. The van der Waals surface area contributed by atoms with Crippen LogP contribution in [0.25, 0.3) is 0 Å². The van der Waals surface area contributed by atoms with E-state index in [0.717, 1.165) is 6.54 Å². The molecule has 0 spiro atoms. The number of hydrogen-bond donors (Lipinski definition) is 2. The molecule has 5 nitrogen and oxygen atoms in total. The van der Waals surface area contributed by atoms with Gasteiger partial charge in [-0.25, -0.2) is 0 Å². The number of rotatable bonds is 6. The predicted molar refractivity (Wildman–Crippen MR) is 77.5 cm³/mol. The quantitative estimate of drug-likeness (QED) is 0.762. The molecule has 0 saturated heterocycles. The van der Waals surface area contributed by atoms with E-state index in [-0.39, 0.29) is 5.91 Å². The third-order valence-corrected chi connectivity index (χ3v) is 3.13. The lowest BCUT2D eigenvalue weighted by atomic mass is 10.2. The van der Waals surface area contributed by atoms with Gasteiger partial charge in [-0.2, -0.15) is 0 Å². The summed E-state index contributed by atoms with van der Waals surface area (Å²) >= 11 is 0. The highest BCUT2D eigenvalue weighted by Gasteiger charge is 2.09. The van der Waals surface area contributed by atoms with Gasteiger partial charge in [0, 0.05) is 24.7 Å². The summed E-state index contributed by atoms with van der Waals surface area (Å²) in [7, 11) is 3.56. The zero-order valence-corrected chi connectivity index (χ0v) is 12.1. The van der Waals surface area contributed by atoms with Crippen molar-refractivity contribution in [3.8, 4) is 5.75 Å². The maximum absolute atomic E-state index is 11.9. The number of carbonyl (C=O) groups excluding carboxylic acids is 1. The number of nitrogens with two attached hydrogens (primary N) is 1. The lowest BCUT2D eigenvalue weighted by molar-refractivity contribution is 0.0947. The first-order valence-electron chi connectivity index (χ1n) is 6.37. The molecular weight excluding hydrogens is 242 g/mol. The van der Waals surface area contributed by atoms with Crippen molar-refractivity contribution in [1.82, 2.24) is 10.2 Å². The van der Waals surface area contributed by atoms with Gasteiger partial charge < -0.3 is 20.7 Å². The summed E-state index contributed by atoms with van der Waals surface area (Å²) < 4.78 is 5.10. The average Bonchev–Trinajstić information content (AvgIpc) is 2.38. The van der Waals surface area contributed by atoms with Crippen LogP contribution in [0.5, 0.6) is 5.75 Å². The van der Waals surface area contributed by atoms with E-state index in [4.69, 9.17) is 10.5 Å². The van der Waals surface area contributed by atoms with Crippen molar-refractivity contribution in [1.29, 1.82) is 0 Å². The first-order chi connectivity index (χ1) is 8.95. The zero-order chi connectivity index (χ0) is 14.4. The van der Waals surface area contributed by atoms with Gasteiger partial charge in [-0.1, -0.05) is 0 Å². The molecule has 0 heterocycles. The first kappa shape index (κ1) is 15.3. The topological polar surface area (TPSA) is 67.6 Å². The predicted octanol–water partition coefficient (Wildman–Crippen LogP) is 1.35. The smallest absolute Gasteiger partial charge is 0.251 e. The van der Waals surface area contributed by atoms with Gasteiger partial charge in [0.1, 0.15) is 5.75 Å². The van der Waals surface area contributed by atoms with Gasteiger partial charge in [0.25, 0.3) is 5.91 Å². The van der Waals surface area contributed by atoms with Crippen LogP contribution in [0.3, 0.4) is 0 Å². The summed E-state index contributed by atoms with van der Waals surface area (Å²) in [5.41, 5.74) is 6.79. The molecular formula is C14H23N3O2. The molecule has 0 aromatic heterocycles. The van der Waals surface area contributed by atoms with Crippen LogP contribution in [-0.2, 0) is 0 Å². The third kappa shape index (κ3) is 4.44. The second-order valence-electron chi connectivity index (χ2n) is 4.79. The van der Waals surface area contributed by atoms with Gasteiger partial charge in [-0.3, -0.25) is 4.79 Å². The van der Waals surface area contributed by atoms with Gasteiger partial charge in [-0.05, 0) is 39.1 Å². The van der Waals surface area contributed by atoms with Gasteiger partial charge in [0.2, 0.25) is 0 Å². The summed E-state index contributed by atoms with van der Waals surface area (Å²) in [6.45, 7) is 5.66.